The molecule has 1 aromatic carbocycles. The van der Waals surface area contributed by atoms with E-state index in [0.29, 0.717) is 11.1 Å². The number of fused-ring (bicyclic) bond motifs is 1. The summed E-state index contributed by atoms with van der Waals surface area (Å²) in [6.07, 6.45) is 0.0550. The van der Waals surface area contributed by atoms with Crippen LogP contribution in [0.5, 0.6) is 0 Å². The average molecular weight is 301 g/mol. The number of nitrogen functional groups attached to an aromatic ring is 1. The van der Waals surface area contributed by atoms with Gasteiger partial charge in [-0.1, -0.05) is 12.1 Å². The molecule has 9 nitrogen and oxygen atoms in total. The molecule has 0 saturated heterocycles. The van der Waals surface area contributed by atoms with Crippen molar-refractivity contribution in [3.8, 4) is 0 Å². The number of non-ortho nitro benzene ring substituents is 1. The maximum Gasteiger partial charge on any atom is 0.269 e. The summed E-state index contributed by atoms with van der Waals surface area (Å²) in [5.41, 5.74) is 5.89. The number of rotatable bonds is 2. The normalized spacial score (nSPS) is 16.7. The molecule has 0 aliphatic carbocycles. The van der Waals surface area contributed by atoms with Gasteiger partial charge in [0.15, 0.2) is 0 Å². The van der Waals surface area contributed by atoms with Crippen LogP contribution in [0, 0.1) is 10.1 Å². The molecule has 1 aliphatic rings. The molecule has 1 aliphatic heterocycles. The molecule has 1 aromatic heterocycles. The third-order valence-corrected chi connectivity index (χ3v) is 3.48. The van der Waals surface area contributed by atoms with Gasteiger partial charge in [-0.05, 0) is 5.56 Å². The fraction of sp³-hybridized carbons (Fsp3) is 0.154. The Labute approximate surface area is 123 Å². The quantitative estimate of drug-likeness (QED) is 0.551. The van der Waals surface area contributed by atoms with Crippen LogP contribution in [0.15, 0.2) is 29.1 Å². The van der Waals surface area contributed by atoms with Crippen molar-refractivity contribution in [2.45, 2.75) is 12.3 Å². The number of anilines is 2. The van der Waals surface area contributed by atoms with E-state index >= 15 is 0 Å². The highest BCUT2D eigenvalue weighted by atomic mass is 16.6. The molecular weight excluding hydrogens is 290 g/mol. The second-order valence-electron chi connectivity index (χ2n) is 4.87. The average Bonchev–Trinajstić information content (AvgIpc) is 2.45. The molecule has 0 saturated carbocycles. The second-order valence-corrected chi connectivity index (χ2v) is 4.87. The summed E-state index contributed by atoms with van der Waals surface area (Å²) in [7, 11) is 0. The Morgan fingerprint density at radius 2 is 1.95 bits per heavy atom. The predicted octanol–water partition coefficient (Wildman–Crippen LogP) is 0.734. The number of hydrogen-bond donors (Lipinski definition) is 3. The van der Waals surface area contributed by atoms with Gasteiger partial charge in [0.1, 0.15) is 5.82 Å². The first-order valence-corrected chi connectivity index (χ1v) is 6.39. The Bertz CT molecular complexity index is 827. The monoisotopic (exact) mass is 301 g/mol. The molecule has 3 rings (SSSR count). The fourth-order valence-electron chi connectivity index (χ4n) is 2.50. The number of aromatic nitrogens is 2. The van der Waals surface area contributed by atoms with Crippen LogP contribution in [0.2, 0.25) is 0 Å². The zero-order valence-electron chi connectivity index (χ0n) is 11.2. The van der Waals surface area contributed by atoms with Crippen molar-refractivity contribution in [1.82, 2.24) is 9.97 Å². The van der Waals surface area contributed by atoms with Crippen LogP contribution >= 0.6 is 0 Å². The summed E-state index contributed by atoms with van der Waals surface area (Å²) in [5.74, 6) is -0.788. The largest absolute Gasteiger partial charge is 0.369 e. The Morgan fingerprint density at radius 1 is 1.27 bits per heavy atom. The van der Waals surface area contributed by atoms with Gasteiger partial charge in [-0.2, -0.15) is 4.98 Å². The van der Waals surface area contributed by atoms with Gasteiger partial charge in [0, 0.05) is 24.5 Å². The van der Waals surface area contributed by atoms with Crippen molar-refractivity contribution in [1.29, 1.82) is 0 Å². The number of nitro groups is 1. The number of nitrogens with two attached hydrogens (primary N) is 1. The molecule has 22 heavy (non-hydrogen) atoms. The molecule has 1 unspecified atom stereocenters. The van der Waals surface area contributed by atoms with E-state index in [0.717, 1.165) is 0 Å². The Kier molecular flexibility index (Phi) is 3.09. The maximum absolute atomic E-state index is 12.1. The minimum atomic E-state index is -0.526. The zero-order valence-corrected chi connectivity index (χ0v) is 11.2. The summed E-state index contributed by atoms with van der Waals surface area (Å²) in [6.45, 7) is 0. The number of H-pyrrole nitrogens is 1. The van der Waals surface area contributed by atoms with E-state index < -0.39 is 16.4 Å². The number of carbonyl (C=O) groups is 1. The summed E-state index contributed by atoms with van der Waals surface area (Å²) >= 11 is 0. The number of amides is 1. The molecule has 1 atom stereocenters. The molecule has 1 amide bonds. The van der Waals surface area contributed by atoms with Crippen LogP contribution in [0.25, 0.3) is 0 Å². The van der Waals surface area contributed by atoms with Gasteiger partial charge >= 0.3 is 0 Å². The van der Waals surface area contributed by atoms with E-state index in [1.807, 2.05) is 0 Å². The van der Waals surface area contributed by atoms with E-state index in [1.54, 1.807) is 0 Å². The molecule has 112 valence electrons. The van der Waals surface area contributed by atoms with Gasteiger partial charge in [0.05, 0.1) is 10.5 Å². The van der Waals surface area contributed by atoms with Gasteiger partial charge in [0.25, 0.3) is 11.2 Å². The van der Waals surface area contributed by atoms with Crippen LogP contribution in [0.4, 0.5) is 17.5 Å². The standard InChI is InChI=1S/C13H11N5O4/c14-13-16-11-10(12(20)17-13)8(5-9(19)15-11)6-1-3-7(4-2-6)18(21)22/h1-4,8H,5H2,(H4,14,15,16,17,19,20). The van der Waals surface area contributed by atoms with Crippen LogP contribution in [-0.2, 0) is 4.79 Å². The van der Waals surface area contributed by atoms with E-state index in [2.05, 4.69) is 15.3 Å². The molecule has 2 heterocycles. The van der Waals surface area contributed by atoms with Crippen LogP contribution < -0.4 is 16.6 Å². The summed E-state index contributed by atoms with van der Waals surface area (Å²) in [5, 5.41) is 13.2. The summed E-state index contributed by atoms with van der Waals surface area (Å²) in [4.78, 5) is 40.4. The molecule has 0 radical (unpaired) electrons. The van der Waals surface area contributed by atoms with Crippen molar-refractivity contribution in [2.75, 3.05) is 11.1 Å². The number of nitrogens with zero attached hydrogens (tertiary/aromatic N) is 2. The predicted molar refractivity (Wildman–Crippen MR) is 77.5 cm³/mol. The molecule has 4 N–H and O–H groups in total. The minimum absolute atomic E-state index is 0.0550. The molecule has 9 heteroatoms. The van der Waals surface area contributed by atoms with E-state index in [9.17, 15) is 19.7 Å². The second kappa shape index (κ2) is 4.95. The van der Waals surface area contributed by atoms with E-state index in [-0.39, 0.29) is 29.8 Å². The van der Waals surface area contributed by atoms with Gasteiger partial charge in [-0.15, -0.1) is 0 Å². The van der Waals surface area contributed by atoms with Crippen LogP contribution in [0.1, 0.15) is 23.5 Å². The van der Waals surface area contributed by atoms with Gasteiger partial charge in [0.2, 0.25) is 11.9 Å². The lowest BCUT2D eigenvalue weighted by Gasteiger charge is -2.24. The zero-order chi connectivity index (χ0) is 15.9. The highest BCUT2D eigenvalue weighted by molar-refractivity contribution is 5.94. The number of nitro benzene ring substituents is 1. The third kappa shape index (κ3) is 2.28. The third-order valence-electron chi connectivity index (χ3n) is 3.48. The topological polar surface area (TPSA) is 144 Å². The molecule has 0 spiro atoms. The Balaban J connectivity index is 2.11. The van der Waals surface area contributed by atoms with Crippen molar-refractivity contribution in [3.63, 3.8) is 0 Å². The van der Waals surface area contributed by atoms with Crippen LogP contribution in [0.3, 0.4) is 0 Å². The lowest BCUT2D eigenvalue weighted by molar-refractivity contribution is -0.384. The SMILES string of the molecule is Nc1nc2c(c(=O)[nH]1)C(c1ccc([N+](=O)[O-])cc1)CC(=O)N2. The van der Waals surface area contributed by atoms with Gasteiger partial charge in [-0.3, -0.25) is 24.7 Å². The Hall–Kier alpha value is -3.23. The van der Waals surface area contributed by atoms with Crippen molar-refractivity contribution < 1.29 is 9.72 Å². The van der Waals surface area contributed by atoms with Crippen LogP contribution in [-0.4, -0.2) is 20.8 Å². The molecule has 0 bridgehead atoms. The number of nitrogens with one attached hydrogen (secondary N) is 2. The first-order chi connectivity index (χ1) is 10.5. The smallest absolute Gasteiger partial charge is 0.269 e. The van der Waals surface area contributed by atoms with Crippen molar-refractivity contribution in [3.05, 3.63) is 55.9 Å². The fourth-order valence-corrected chi connectivity index (χ4v) is 2.50. The number of aromatic amines is 1. The number of hydrogen-bond acceptors (Lipinski definition) is 6. The van der Waals surface area contributed by atoms with E-state index in [4.69, 9.17) is 5.73 Å². The van der Waals surface area contributed by atoms with Gasteiger partial charge < -0.3 is 11.1 Å². The molecule has 0 fully saturated rings. The Morgan fingerprint density at radius 3 is 2.59 bits per heavy atom. The number of carbonyl (C=O) groups excluding carboxylic acids is 1. The summed E-state index contributed by atoms with van der Waals surface area (Å²) < 4.78 is 0. The van der Waals surface area contributed by atoms with E-state index in [1.165, 1.54) is 24.3 Å². The highest BCUT2D eigenvalue weighted by Gasteiger charge is 2.30. The molecule has 2 aromatic rings. The molecular formula is C13H11N5O4. The van der Waals surface area contributed by atoms with Gasteiger partial charge in [-0.25, -0.2) is 0 Å². The number of benzene rings is 1. The maximum atomic E-state index is 12.1. The summed E-state index contributed by atoms with van der Waals surface area (Å²) in [6, 6.07) is 5.73. The minimum Gasteiger partial charge on any atom is -0.369 e. The van der Waals surface area contributed by atoms with Crippen molar-refractivity contribution in [2.24, 2.45) is 0 Å². The lowest BCUT2D eigenvalue weighted by Crippen LogP contribution is -2.31. The highest BCUT2D eigenvalue weighted by Crippen LogP contribution is 2.34. The first-order valence-electron chi connectivity index (χ1n) is 6.39. The lowest BCUT2D eigenvalue weighted by atomic mass is 9.87. The van der Waals surface area contributed by atoms with Crippen molar-refractivity contribution >= 4 is 23.4 Å². The first kappa shape index (κ1) is 13.7.